The van der Waals surface area contributed by atoms with E-state index in [4.69, 9.17) is 18.9 Å². The van der Waals surface area contributed by atoms with Crippen molar-refractivity contribution >= 4 is 5.91 Å². The lowest BCUT2D eigenvalue weighted by Gasteiger charge is -2.18. The fraction of sp³-hybridized carbons (Fsp3) is 0.350. The van der Waals surface area contributed by atoms with Gasteiger partial charge in [0.25, 0.3) is 5.91 Å². The number of nitrogens with one attached hydrogen (secondary N) is 1. The molecule has 0 saturated carbocycles. The van der Waals surface area contributed by atoms with Gasteiger partial charge < -0.3 is 24.3 Å². The lowest BCUT2D eigenvalue weighted by Crippen LogP contribution is -2.37. The molecule has 6 heteroatoms. The van der Waals surface area contributed by atoms with Crippen LogP contribution >= 0.6 is 0 Å². The molecule has 1 N–H and O–H groups in total. The molecule has 0 spiro atoms. The highest BCUT2D eigenvalue weighted by atomic mass is 16.5. The molecule has 0 radical (unpaired) electrons. The number of methoxy groups -OCH3 is 3. The maximum absolute atomic E-state index is 12.4. The van der Waals surface area contributed by atoms with Crippen LogP contribution in [-0.2, 0) is 11.3 Å². The smallest absolute Gasteiger partial charge is 0.261 e. The molecule has 0 aliphatic rings. The van der Waals surface area contributed by atoms with Crippen molar-refractivity contribution in [2.24, 2.45) is 0 Å². The molecule has 0 heterocycles. The number of rotatable bonds is 9. The van der Waals surface area contributed by atoms with E-state index < -0.39 is 6.10 Å². The minimum atomic E-state index is -0.566. The Morgan fingerprint density at radius 3 is 2.15 bits per heavy atom. The van der Waals surface area contributed by atoms with Crippen LogP contribution in [0.15, 0.2) is 42.5 Å². The fourth-order valence-electron chi connectivity index (χ4n) is 2.43. The molecule has 6 nitrogen and oxygen atoms in total. The molecular formula is C20H25NO5. The van der Waals surface area contributed by atoms with Gasteiger partial charge in [-0.2, -0.15) is 0 Å². The summed E-state index contributed by atoms with van der Waals surface area (Å²) in [5.41, 5.74) is 0.912. The maximum atomic E-state index is 12.4. The molecule has 0 aliphatic carbocycles. The maximum Gasteiger partial charge on any atom is 0.261 e. The lowest BCUT2D eigenvalue weighted by molar-refractivity contribution is -0.128. The number of benzene rings is 2. The number of carbonyl (C=O) groups excluding carboxylic acids is 1. The van der Waals surface area contributed by atoms with Gasteiger partial charge in [-0.05, 0) is 48.4 Å². The van der Waals surface area contributed by atoms with E-state index in [0.29, 0.717) is 30.2 Å². The Kier molecular flexibility index (Phi) is 7.14. The Morgan fingerprint density at radius 2 is 1.58 bits per heavy atom. The van der Waals surface area contributed by atoms with E-state index in [9.17, 15) is 4.79 Å². The van der Waals surface area contributed by atoms with Gasteiger partial charge in [0.05, 0.1) is 21.3 Å². The Morgan fingerprint density at radius 1 is 0.923 bits per heavy atom. The van der Waals surface area contributed by atoms with Crippen LogP contribution in [0.3, 0.4) is 0 Å². The first-order chi connectivity index (χ1) is 12.6. The van der Waals surface area contributed by atoms with Crippen LogP contribution in [0, 0.1) is 0 Å². The van der Waals surface area contributed by atoms with Gasteiger partial charge in [-0.15, -0.1) is 0 Å². The van der Waals surface area contributed by atoms with E-state index in [-0.39, 0.29) is 5.91 Å². The van der Waals surface area contributed by atoms with E-state index in [1.165, 1.54) is 0 Å². The van der Waals surface area contributed by atoms with Gasteiger partial charge >= 0.3 is 0 Å². The van der Waals surface area contributed by atoms with Crippen LogP contribution in [0.2, 0.25) is 0 Å². The first kappa shape index (κ1) is 19.4. The Hall–Kier alpha value is -2.89. The second-order valence-electron chi connectivity index (χ2n) is 5.60. The summed E-state index contributed by atoms with van der Waals surface area (Å²) in [5.74, 6) is 2.47. The summed E-state index contributed by atoms with van der Waals surface area (Å²) in [7, 11) is 4.77. The molecule has 0 fully saturated rings. The molecule has 0 saturated heterocycles. The van der Waals surface area contributed by atoms with Crippen molar-refractivity contribution in [2.75, 3.05) is 21.3 Å². The van der Waals surface area contributed by atoms with Crippen LogP contribution in [0.4, 0.5) is 0 Å². The predicted molar refractivity (Wildman–Crippen MR) is 99.1 cm³/mol. The average molecular weight is 359 g/mol. The lowest BCUT2D eigenvalue weighted by atomic mass is 10.2. The summed E-state index contributed by atoms with van der Waals surface area (Å²) < 4.78 is 21.4. The predicted octanol–water partition coefficient (Wildman–Crippen LogP) is 3.19. The molecule has 2 aromatic carbocycles. The molecule has 140 valence electrons. The van der Waals surface area contributed by atoms with Gasteiger partial charge in [0, 0.05) is 6.54 Å². The van der Waals surface area contributed by atoms with E-state index in [2.05, 4.69) is 5.32 Å². The van der Waals surface area contributed by atoms with Gasteiger partial charge in [-0.3, -0.25) is 4.79 Å². The van der Waals surface area contributed by atoms with E-state index in [1.807, 2.05) is 25.1 Å². The third-order valence-corrected chi connectivity index (χ3v) is 3.92. The summed E-state index contributed by atoms with van der Waals surface area (Å²) in [5, 5.41) is 2.90. The monoisotopic (exact) mass is 359 g/mol. The zero-order valence-electron chi connectivity index (χ0n) is 15.6. The van der Waals surface area contributed by atoms with Gasteiger partial charge in [-0.25, -0.2) is 0 Å². The molecule has 26 heavy (non-hydrogen) atoms. The quantitative estimate of drug-likeness (QED) is 0.745. The highest BCUT2D eigenvalue weighted by Gasteiger charge is 2.18. The highest BCUT2D eigenvalue weighted by molar-refractivity contribution is 5.81. The number of ether oxygens (including phenoxy) is 4. The normalized spacial score (nSPS) is 11.4. The Labute approximate surface area is 154 Å². The minimum Gasteiger partial charge on any atom is -0.497 e. The Balaban J connectivity index is 1.96. The largest absolute Gasteiger partial charge is 0.497 e. The minimum absolute atomic E-state index is 0.168. The first-order valence-electron chi connectivity index (χ1n) is 8.40. The molecule has 1 atom stereocenters. The zero-order chi connectivity index (χ0) is 18.9. The topological polar surface area (TPSA) is 66.0 Å². The summed E-state index contributed by atoms with van der Waals surface area (Å²) >= 11 is 0. The second-order valence-corrected chi connectivity index (χ2v) is 5.60. The number of amides is 1. The molecule has 1 amide bonds. The standard InChI is InChI=1S/C20H25NO5/c1-5-17(26-16-9-7-15(23-2)8-10-16)20(22)21-13-14-6-11-18(24-3)19(12-14)25-4/h6-12,17H,5,13H2,1-4H3,(H,21,22)/t17-/m1/s1. The van der Waals surface area contributed by atoms with Gasteiger partial charge in [0.2, 0.25) is 0 Å². The number of hydrogen-bond acceptors (Lipinski definition) is 5. The van der Waals surface area contributed by atoms with Gasteiger partial charge in [0.15, 0.2) is 17.6 Å². The number of hydrogen-bond donors (Lipinski definition) is 1. The molecule has 2 aromatic rings. The van der Waals surface area contributed by atoms with Crippen molar-refractivity contribution in [2.45, 2.75) is 26.0 Å². The summed E-state index contributed by atoms with van der Waals surface area (Å²) in [6.45, 7) is 2.28. The van der Waals surface area contributed by atoms with Crippen molar-refractivity contribution in [1.82, 2.24) is 5.32 Å². The first-order valence-corrected chi connectivity index (χ1v) is 8.40. The van der Waals surface area contributed by atoms with E-state index in [1.54, 1.807) is 45.6 Å². The van der Waals surface area contributed by atoms with E-state index in [0.717, 1.165) is 11.3 Å². The van der Waals surface area contributed by atoms with Gasteiger partial charge in [-0.1, -0.05) is 13.0 Å². The van der Waals surface area contributed by atoms with E-state index >= 15 is 0 Å². The number of carbonyl (C=O) groups is 1. The molecule has 0 unspecified atom stereocenters. The van der Waals surface area contributed by atoms with Crippen LogP contribution in [0.1, 0.15) is 18.9 Å². The summed E-state index contributed by atoms with van der Waals surface area (Å²) in [4.78, 5) is 12.4. The molecule has 0 aliphatic heterocycles. The van der Waals surface area contributed by atoms with Crippen LogP contribution in [0.25, 0.3) is 0 Å². The second kappa shape index (κ2) is 9.56. The van der Waals surface area contributed by atoms with Gasteiger partial charge in [0.1, 0.15) is 11.5 Å². The summed E-state index contributed by atoms with van der Waals surface area (Å²) in [6, 6.07) is 12.7. The third kappa shape index (κ3) is 5.05. The van der Waals surface area contributed by atoms with Crippen molar-refractivity contribution in [3.05, 3.63) is 48.0 Å². The average Bonchev–Trinajstić information content (AvgIpc) is 2.70. The molecule has 2 rings (SSSR count). The fourth-order valence-corrected chi connectivity index (χ4v) is 2.43. The third-order valence-electron chi connectivity index (χ3n) is 3.92. The van der Waals surface area contributed by atoms with Crippen molar-refractivity contribution in [3.63, 3.8) is 0 Å². The molecular weight excluding hydrogens is 334 g/mol. The molecule has 0 bridgehead atoms. The van der Waals surface area contributed by atoms with Crippen LogP contribution < -0.4 is 24.3 Å². The van der Waals surface area contributed by atoms with Crippen molar-refractivity contribution < 1.29 is 23.7 Å². The highest BCUT2D eigenvalue weighted by Crippen LogP contribution is 2.27. The van der Waals surface area contributed by atoms with Crippen molar-refractivity contribution in [3.8, 4) is 23.0 Å². The van der Waals surface area contributed by atoms with Crippen LogP contribution in [-0.4, -0.2) is 33.3 Å². The van der Waals surface area contributed by atoms with Crippen LogP contribution in [0.5, 0.6) is 23.0 Å². The van der Waals surface area contributed by atoms with Crippen molar-refractivity contribution in [1.29, 1.82) is 0 Å². The summed E-state index contributed by atoms with van der Waals surface area (Å²) in [6.07, 6.45) is -0.00685. The SMILES string of the molecule is CC[C@@H](Oc1ccc(OC)cc1)C(=O)NCc1ccc(OC)c(OC)c1. The Bertz CT molecular complexity index is 715. The molecule has 0 aromatic heterocycles. The zero-order valence-corrected chi connectivity index (χ0v) is 15.6.